The third-order valence-corrected chi connectivity index (χ3v) is 4.00. The van der Waals surface area contributed by atoms with E-state index >= 15 is 0 Å². The number of hydrogen-bond acceptors (Lipinski definition) is 1. The largest absolute Gasteiger partial charge is 0.289 e. The first kappa shape index (κ1) is 11.2. The first-order chi connectivity index (χ1) is 8.15. The summed E-state index contributed by atoms with van der Waals surface area (Å²) >= 11 is 6.85. The molecule has 1 aliphatic rings. The molecule has 0 radical (unpaired) electrons. The van der Waals surface area contributed by atoms with Crippen molar-refractivity contribution >= 4 is 37.6 Å². The van der Waals surface area contributed by atoms with Crippen molar-refractivity contribution in [2.45, 2.75) is 6.42 Å². The van der Waals surface area contributed by atoms with E-state index in [-0.39, 0.29) is 5.78 Å². The van der Waals surface area contributed by atoms with E-state index in [1.165, 1.54) is 0 Å². The first-order valence-electron chi connectivity index (χ1n) is 5.27. The number of fused-ring (bicyclic) bond motifs is 2. The normalized spacial score (nSPS) is 13.2. The Kier molecular flexibility index (Phi) is 2.68. The molecule has 0 fully saturated rings. The monoisotopic (exact) mass is 350 g/mol. The highest BCUT2D eigenvalue weighted by molar-refractivity contribution is 9.10. The Balaban J connectivity index is 2.21. The van der Waals surface area contributed by atoms with Gasteiger partial charge in [0.1, 0.15) is 0 Å². The zero-order valence-electron chi connectivity index (χ0n) is 8.84. The van der Waals surface area contributed by atoms with Crippen LogP contribution in [0.25, 0.3) is 0 Å². The Morgan fingerprint density at radius 3 is 2.35 bits per heavy atom. The van der Waals surface area contributed by atoms with Gasteiger partial charge in [-0.15, -0.1) is 0 Å². The molecule has 3 heteroatoms. The summed E-state index contributed by atoms with van der Waals surface area (Å²) < 4.78 is 1.97. The van der Waals surface area contributed by atoms with E-state index in [1.807, 2.05) is 36.4 Å². The molecule has 0 heterocycles. The Hall–Kier alpha value is -0.930. The molecule has 0 N–H and O–H groups in total. The number of carbonyl (C=O) groups excluding carboxylic acids is 1. The van der Waals surface area contributed by atoms with Crippen molar-refractivity contribution in [3.8, 4) is 0 Å². The van der Waals surface area contributed by atoms with Gasteiger partial charge in [0.05, 0.1) is 0 Å². The maximum absolute atomic E-state index is 12.3. The summed E-state index contributed by atoms with van der Waals surface area (Å²) in [5, 5.41) is 0. The molecule has 0 unspecified atom stereocenters. The smallest absolute Gasteiger partial charge is 0.193 e. The lowest BCUT2D eigenvalue weighted by Gasteiger charge is -2.18. The molecule has 2 aromatic carbocycles. The zero-order chi connectivity index (χ0) is 12.0. The minimum absolute atomic E-state index is 0.120. The maximum Gasteiger partial charge on any atom is 0.193 e. The molecule has 2 aromatic rings. The molecular weight excluding hydrogens is 344 g/mol. The second-order valence-electron chi connectivity index (χ2n) is 4.11. The molecule has 0 spiro atoms. The standard InChI is InChI=1S/C14H8Br2O/c15-10-3-4-12-9(6-10)5-8-1-2-11(16)7-13(8)14(12)17/h1-4,6-7H,5H2. The van der Waals surface area contributed by atoms with Crippen molar-refractivity contribution in [3.63, 3.8) is 0 Å². The minimum Gasteiger partial charge on any atom is -0.289 e. The zero-order valence-corrected chi connectivity index (χ0v) is 12.0. The summed E-state index contributed by atoms with van der Waals surface area (Å²) in [6, 6.07) is 11.7. The van der Waals surface area contributed by atoms with Gasteiger partial charge < -0.3 is 0 Å². The fourth-order valence-electron chi connectivity index (χ4n) is 2.19. The van der Waals surface area contributed by atoms with E-state index in [9.17, 15) is 4.79 Å². The Morgan fingerprint density at radius 1 is 0.824 bits per heavy atom. The van der Waals surface area contributed by atoms with Crippen LogP contribution in [0.5, 0.6) is 0 Å². The maximum atomic E-state index is 12.3. The van der Waals surface area contributed by atoms with Gasteiger partial charge in [0.25, 0.3) is 0 Å². The number of rotatable bonds is 0. The average Bonchev–Trinajstić information content (AvgIpc) is 2.30. The van der Waals surface area contributed by atoms with Crippen molar-refractivity contribution in [1.29, 1.82) is 0 Å². The highest BCUT2D eigenvalue weighted by Gasteiger charge is 2.23. The predicted octanol–water partition coefficient (Wildman–Crippen LogP) is 4.35. The summed E-state index contributed by atoms with van der Waals surface area (Å²) in [6.07, 6.45) is 0.823. The molecule has 3 rings (SSSR count). The molecule has 0 aromatic heterocycles. The van der Waals surface area contributed by atoms with E-state index in [0.717, 1.165) is 37.6 Å². The molecule has 0 bridgehead atoms. The molecule has 0 saturated carbocycles. The van der Waals surface area contributed by atoms with Crippen LogP contribution in [-0.2, 0) is 6.42 Å². The van der Waals surface area contributed by atoms with E-state index in [2.05, 4.69) is 31.9 Å². The SMILES string of the molecule is O=C1c2ccc(Br)cc2Cc2ccc(Br)cc21. The lowest BCUT2D eigenvalue weighted by atomic mass is 9.85. The summed E-state index contributed by atoms with van der Waals surface area (Å²) in [5.41, 5.74) is 3.83. The van der Waals surface area contributed by atoms with Gasteiger partial charge in [-0.05, 0) is 47.9 Å². The lowest BCUT2D eigenvalue weighted by molar-refractivity contribution is 0.103. The molecule has 0 atom stereocenters. The number of carbonyl (C=O) groups is 1. The van der Waals surface area contributed by atoms with Crippen molar-refractivity contribution in [3.05, 3.63) is 67.6 Å². The van der Waals surface area contributed by atoms with Crippen molar-refractivity contribution in [2.24, 2.45) is 0 Å². The number of halogens is 2. The third kappa shape index (κ3) is 1.87. The third-order valence-electron chi connectivity index (χ3n) is 3.01. The van der Waals surface area contributed by atoms with E-state index in [4.69, 9.17) is 0 Å². The molecule has 1 aliphatic carbocycles. The molecule has 0 aliphatic heterocycles. The van der Waals surface area contributed by atoms with Crippen LogP contribution in [0.1, 0.15) is 27.0 Å². The van der Waals surface area contributed by atoms with E-state index in [0.29, 0.717) is 0 Å². The first-order valence-corrected chi connectivity index (χ1v) is 6.85. The van der Waals surface area contributed by atoms with Gasteiger partial charge in [-0.2, -0.15) is 0 Å². The van der Waals surface area contributed by atoms with E-state index < -0.39 is 0 Å². The van der Waals surface area contributed by atoms with Crippen LogP contribution in [0.4, 0.5) is 0 Å². The highest BCUT2D eigenvalue weighted by Crippen LogP contribution is 2.30. The molecule has 0 amide bonds. The predicted molar refractivity (Wildman–Crippen MR) is 74.5 cm³/mol. The van der Waals surface area contributed by atoms with Crippen molar-refractivity contribution in [2.75, 3.05) is 0 Å². The van der Waals surface area contributed by atoms with Gasteiger partial charge in [0.2, 0.25) is 0 Å². The molecule has 0 saturated heterocycles. The van der Waals surface area contributed by atoms with Gasteiger partial charge >= 0.3 is 0 Å². The number of ketones is 1. The van der Waals surface area contributed by atoms with Gasteiger partial charge in [-0.3, -0.25) is 4.79 Å². The number of benzene rings is 2. The van der Waals surface area contributed by atoms with Crippen LogP contribution in [0, 0.1) is 0 Å². The minimum atomic E-state index is 0.120. The van der Waals surface area contributed by atoms with Gasteiger partial charge in [-0.25, -0.2) is 0 Å². The van der Waals surface area contributed by atoms with Crippen LogP contribution < -0.4 is 0 Å². The van der Waals surface area contributed by atoms with Crippen LogP contribution in [0.15, 0.2) is 45.3 Å². The summed E-state index contributed by atoms with van der Waals surface area (Å²) in [5.74, 6) is 0.120. The summed E-state index contributed by atoms with van der Waals surface area (Å²) in [4.78, 5) is 12.3. The second kappa shape index (κ2) is 4.07. The summed E-state index contributed by atoms with van der Waals surface area (Å²) in [7, 11) is 0. The Bertz CT molecular complexity index is 632. The molecular formula is C14H8Br2O. The van der Waals surface area contributed by atoms with Crippen LogP contribution in [0.3, 0.4) is 0 Å². The summed E-state index contributed by atoms with van der Waals surface area (Å²) in [6.45, 7) is 0. The molecule has 17 heavy (non-hydrogen) atoms. The number of hydrogen-bond donors (Lipinski definition) is 0. The Morgan fingerprint density at radius 2 is 1.53 bits per heavy atom. The van der Waals surface area contributed by atoms with Gasteiger partial charge in [-0.1, -0.05) is 37.9 Å². The quantitative estimate of drug-likeness (QED) is 0.588. The van der Waals surface area contributed by atoms with E-state index in [1.54, 1.807) is 0 Å². The van der Waals surface area contributed by atoms with Gasteiger partial charge in [0, 0.05) is 20.1 Å². The lowest BCUT2D eigenvalue weighted by Crippen LogP contribution is -2.14. The van der Waals surface area contributed by atoms with Crippen molar-refractivity contribution in [1.82, 2.24) is 0 Å². The van der Waals surface area contributed by atoms with Crippen molar-refractivity contribution < 1.29 is 4.79 Å². The fraction of sp³-hybridized carbons (Fsp3) is 0.0714. The molecule has 84 valence electrons. The average molecular weight is 352 g/mol. The van der Waals surface area contributed by atoms with Gasteiger partial charge in [0.15, 0.2) is 5.78 Å². The second-order valence-corrected chi connectivity index (χ2v) is 5.94. The van der Waals surface area contributed by atoms with Crippen LogP contribution >= 0.6 is 31.9 Å². The Labute approximate surface area is 116 Å². The van der Waals surface area contributed by atoms with Crippen LogP contribution in [0.2, 0.25) is 0 Å². The van der Waals surface area contributed by atoms with Crippen LogP contribution in [-0.4, -0.2) is 5.78 Å². The highest BCUT2D eigenvalue weighted by atomic mass is 79.9. The topological polar surface area (TPSA) is 17.1 Å². The molecule has 1 nitrogen and oxygen atoms in total. The fourth-order valence-corrected chi connectivity index (χ4v) is 2.96.